The maximum atomic E-state index is 5.79. The van der Waals surface area contributed by atoms with Crippen LogP contribution in [0.15, 0.2) is 0 Å². The number of thioether (sulfide) groups is 1. The van der Waals surface area contributed by atoms with Gasteiger partial charge in [-0.2, -0.15) is 11.8 Å². The van der Waals surface area contributed by atoms with E-state index in [0.717, 1.165) is 5.75 Å². The topological polar surface area (TPSA) is 26.0 Å². The molecule has 2 atom stereocenters. The molecule has 1 aliphatic heterocycles. The standard InChI is InChI=1S/C8H17NS/c1-3-8(2)5-4-7(9)6-10-8/h7H,3-6,9H2,1-2H3. The van der Waals surface area contributed by atoms with E-state index < -0.39 is 0 Å². The van der Waals surface area contributed by atoms with Crippen molar-refractivity contribution in [3.63, 3.8) is 0 Å². The van der Waals surface area contributed by atoms with Crippen LogP contribution in [0.25, 0.3) is 0 Å². The highest BCUT2D eigenvalue weighted by molar-refractivity contribution is 8.00. The SMILES string of the molecule is CCC1(C)CCC(N)CS1. The monoisotopic (exact) mass is 159 g/mol. The second kappa shape index (κ2) is 3.14. The van der Waals surface area contributed by atoms with Crippen molar-refractivity contribution in [3.8, 4) is 0 Å². The summed E-state index contributed by atoms with van der Waals surface area (Å²) in [6, 6.07) is 0.463. The lowest BCUT2D eigenvalue weighted by Gasteiger charge is -2.34. The first kappa shape index (κ1) is 8.41. The fraction of sp³-hybridized carbons (Fsp3) is 1.00. The van der Waals surface area contributed by atoms with Gasteiger partial charge in [0.25, 0.3) is 0 Å². The average molecular weight is 159 g/mol. The normalized spacial score (nSPS) is 41.7. The Bertz CT molecular complexity index is 106. The van der Waals surface area contributed by atoms with Gasteiger partial charge in [0, 0.05) is 16.5 Å². The molecule has 2 N–H and O–H groups in total. The van der Waals surface area contributed by atoms with Crippen LogP contribution in [0.2, 0.25) is 0 Å². The molecule has 0 aliphatic carbocycles. The van der Waals surface area contributed by atoms with Crippen LogP contribution in [0.3, 0.4) is 0 Å². The van der Waals surface area contributed by atoms with Crippen LogP contribution in [-0.4, -0.2) is 16.5 Å². The molecule has 1 nitrogen and oxygen atoms in total. The Morgan fingerprint density at radius 3 is 2.80 bits per heavy atom. The van der Waals surface area contributed by atoms with E-state index in [1.54, 1.807) is 0 Å². The molecular weight excluding hydrogens is 142 g/mol. The summed E-state index contributed by atoms with van der Waals surface area (Å²) in [4.78, 5) is 0. The predicted octanol–water partition coefficient (Wildman–Crippen LogP) is 2.01. The van der Waals surface area contributed by atoms with Gasteiger partial charge in [-0.15, -0.1) is 0 Å². The molecule has 2 unspecified atom stereocenters. The van der Waals surface area contributed by atoms with Gasteiger partial charge in [0.1, 0.15) is 0 Å². The fourth-order valence-electron chi connectivity index (χ4n) is 1.23. The van der Waals surface area contributed by atoms with Gasteiger partial charge in [-0.05, 0) is 19.3 Å². The lowest BCUT2D eigenvalue weighted by molar-refractivity contribution is 0.489. The highest BCUT2D eigenvalue weighted by atomic mass is 32.2. The molecule has 0 spiro atoms. The molecular formula is C8H17NS. The largest absolute Gasteiger partial charge is 0.327 e. The summed E-state index contributed by atoms with van der Waals surface area (Å²) < 4.78 is 0.538. The van der Waals surface area contributed by atoms with Crippen molar-refractivity contribution < 1.29 is 0 Å². The molecule has 1 saturated heterocycles. The third kappa shape index (κ3) is 1.89. The fourth-order valence-corrected chi connectivity index (χ4v) is 2.48. The van der Waals surface area contributed by atoms with E-state index in [0.29, 0.717) is 10.8 Å². The van der Waals surface area contributed by atoms with Crippen LogP contribution in [-0.2, 0) is 0 Å². The Morgan fingerprint density at radius 1 is 1.70 bits per heavy atom. The quantitative estimate of drug-likeness (QED) is 0.633. The molecule has 1 aliphatic rings. The Labute approximate surface area is 67.8 Å². The average Bonchev–Trinajstić information content (AvgIpc) is 1.96. The third-order valence-corrected chi connectivity index (χ3v) is 4.22. The second-order valence-electron chi connectivity index (χ2n) is 3.41. The first-order valence-electron chi connectivity index (χ1n) is 4.06. The van der Waals surface area contributed by atoms with Crippen molar-refractivity contribution in [2.75, 3.05) is 5.75 Å². The zero-order valence-electron chi connectivity index (χ0n) is 6.89. The minimum absolute atomic E-state index is 0.463. The minimum Gasteiger partial charge on any atom is -0.327 e. The van der Waals surface area contributed by atoms with E-state index in [1.807, 2.05) is 11.8 Å². The Hall–Kier alpha value is 0.310. The highest BCUT2D eigenvalue weighted by Gasteiger charge is 2.28. The Morgan fingerprint density at radius 2 is 2.40 bits per heavy atom. The molecule has 1 rings (SSSR count). The number of hydrogen-bond donors (Lipinski definition) is 1. The Kier molecular flexibility index (Phi) is 2.64. The van der Waals surface area contributed by atoms with Crippen molar-refractivity contribution in [1.82, 2.24) is 0 Å². The van der Waals surface area contributed by atoms with Crippen LogP contribution in [0.1, 0.15) is 33.1 Å². The van der Waals surface area contributed by atoms with Crippen molar-refractivity contribution >= 4 is 11.8 Å². The molecule has 2 heteroatoms. The van der Waals surface area contributed by atoms with Crippen LogP contribution < -0.4 is 5.73 Å². The summed E-state index contributed by atoms with van der Waals surface area (Å²) in [5.41, 5.74) is 5.79. The maximum Gasteiger partial charge on any atom is 0.0131 e. The summed E-state index contributed by atoms with van der Waals surface area (Å²) in [5.74, 6) is 1.16. The van der Waals surface area contributed by atoms with Gasteiger partial charge in [-0.1, -0.05) is 13.8 Å². The smallest absolute Gasteiger partial charge is 0.0131 e. The molecule has 1 heterocycles. The number of nitrogens with two attached hydrogens (primary N) is 1. The van der Waals surface area contributed by atoms with Crippen LogP contribution in [0, 0.1) is 0 Å². The van der Waals surface area contributed by atoms with Crippen molar-refractivity contribution in [2.24, 2.45) is 5.73 Å². The van der Waals surface area contributed by atoms with Crippen LogP contribution in [0.5, 0.6) is 0 Å². The van der Waals surface area contributed by atoms with Crippen molar-refractivity contribution in [2.45, 2.75) is 43.9 Å². The zero-order valence-corrected chi connectivity index (χ0v) is 7.71. The van der Waals surface area contributed by atoms with Crippen LogP contribution >= 0.6 is 11.8 Å². The first-order valence-corrected chi connectivity index (χ1v) is 5.04. The molecule has 0 amide bonds. The minimum atomic E-state index is 0.463. The third-order valence-electron chi connectivity index (χ3n) is 2.44. The molecule has 0 bridgehead atoms. The molecule has 0 saturated carbocycles. The zero-order chi connectivity index (χ0) is 7.61. The van der Waals surface area contributed by atoms with Gasteiger partial charge < -0.3 is 5.73 Å². The van der Waals surface area contributed by atoms with Gasteiger partial charge in [0.05, 0.1) is 0 Å². The second-order valence-corrected chi connectivity index (χ2v) is 5.02. The summed E-state index contributed by atoms with van der Waals surface area (Å²) in [5, 5.41) is 0. The summed E-state index contributed by atoms with van der Waals surface area (Å²) in [6.07, 6.45) is 3.80. The molecule has 0 radical (unpaired) electrons. The maximum absolute atomic E-state index is 5.79. The lowest BCUT2D eigenvalue weighted by Crippen LogP contribution is -2.35. The van der Waals surface area contributed by atoms with Gasteiger partial charge in [-0.25, -0.2) is 0 Å². The van der Waals surface area contributed by atoms with E-state index >= 15 is 0 Å². The number of hydrogen-bond acceptors (Lipinski definition) is 2. The van der Waals surface area contributed by atoms with E-state index in [4.69, 9.17) is 5.73 Å². The van der Waals surface area contributed by atoms with E-state index in [2.05, 4.69) is 13.8 Å². The first-order chi connectivity index (χ1) is 4.66. The van der Waals surface area contributed by atoms with Crippen molar-refractivity contribution in [3.05, 3.63) is 0 Å². The van der Waals surface area contributed by atoms with Gasteiger partial charge in [0.2, 0.25) is 0 Å². The van der Waals surface area contributed by atoms with Gasteiger partial charge in [0.15, 0.2) is 0 Å². The Balaban J connectivity index is 2.38. The van der Waals surface area contributed by atoms with Gasteiger partial charge in [-0.3, -0.25) is 0 Å². The predicted molar refractivity (Wildman–Crippen MR) is 48.4 cm³/mol. The van der Waals surface area contributed by atoms with E-state index in [9.17, 15) is 0 Å². The van der Waals surface area contributed by atoms with Gasteiger partial charge >= 0.3 is 0 Å². The number of rotatable bonds is 1. The molecule has 0 aromatic heterocycles. The molecule has 10 heavy (non-hydrogen) atoms. The highest BCUT2D eigenvalue weighted by Crippen LogP contribution is 2.37. The van der Waals surface area contributed by atoms with E-state index in [1.165, 1.54) is 19.3 Å². The molecule has 0 aromatic carbocycles. The molecule has 0 aromatic rings. The van der Waals surface area contributed by atoms with Crippen molar-refractivity contribution in [1.29, 1.82) is 0 Å². The lowest BCUT2D eigenvalue weighted by atomic mass is 9.98. The van der Waals surface area contributed by atoms with Crippen LogP contribution in [0.4, 0.5) is 0 Å². The summed E-state index contributed by atoms with van der Waals surface area (Å²) in [7, 11) is 0. The molecule has 60 valence electrons. The van der Waals surface area contributed by atoms with E-state index in [-0.39, 0.29) is 0 Å². The summed E-state index contributed by atoms with van der Waals surface area (Å²) >= 11 is 2.05. The summed E-state index contributed by atoms with van der Waals surface area (Å²) in [6.45, 7) is 4.62. The molecule has 1 fully saturated rings.